The number of anilines is 1. The molecule has 1 aliphatic rings. The van der Waals surface area contributed by atoms with Crippen LogP contribution < -0.4 is 14.8 Å². The number of ether oxygens (including phenoxy) is 2. The fraction of sp³-hybridized carbons (Fsp3) is 0.136. The van der Waals surface area contributed by atoms with Crippen molar-refractivity contribution in [2.75, 3.05) is 25.6 Å². The van der Waals surface area contributed by atoms with Gasteiger partial charge in [0.25, 0.3) is 11.1 Å². The molecule has 0 unspecified atom stereocenters. The molecule has 0 radical (unpaired) electrons. The largest absolute Gasteiger partial charge is 0.493 e. The average molecular weight is 550 g/mol. The third-order valence-electron chi connectivity index (χ3n) is 4.15. The van der Waals surface area contributed by atoms with Gasteiger partial charge in [-0.15, -0.1) is 0 Å². The van der Waals surface area contributed by atoms with E-state index in [1.807, 2.05) is 12.1 Å². The maximum Gasteiger partial charge on any atom is 0.294 e. The molecule has 0 aliphatic carbocycles. The van der Waals surface area contributed by atoms with Gasteiger partial charge < -0.3 is 14.8 Å². The van der Waals surface area contributed by atoms with Crippen LogP contribution in [0, 0.1) is 3.57 Å². The highest BCUT2D eigenvalue weighted by Crippen LogP contribution is 2.34. The molecule has 3 rings (SSSR count). The quantitative estimate of drug-likeness (QED) is 0.295. The number of hydrogen-bond acceptors (Lipinski definition) is 6. The predicted octanol–water partition coefficient (Wildman–Crippen LogP) is 4.54. The molecule has 7 nitrogen and oxygen atoms in total. The first-order chi connectivity index (χ1) is 14.9. The molecule has 0 aromatic heterocycles. The van der Waals surface area contributed by atoms with E-state index in [2.05, 4.69) is 34.5 Å². The Balaban J connectivity index is 1.70. The summed E-state index contributed by atoms with van der Waals surface area (Å²) >= 11 is 2.95. The molecule has 1 heterocycles. The Kier molecular flexibility index (Phi) is 7.75. The molecule has 0 bridgehead atoms. The van der Waals surface area contributed by atoms with Crippen LogP contribution in [0.5, 0.6) is 11.5 Å². The highest BCUT2D eigenvalue weighted by Gasteiger charge is 2.36. The number of nitrogens with one attached hydrogen (secondary N) is 1. The van der Waals surface area contributed by atoms with Crippen molar-refractivity contribution in [2.24, 2.45) is 0 Å². The lowest BCUT2D eigenvalue weighted by Crippen LogP contribution is -2.36. The maximum atomic E-state index is 12.7. The van der Waals surface area contributed by atoms with Crippen molar-refractivity contribution < 1.29 is 23.9 Å². The van der Waals surface area contributed by atoms with Crippen LogP contribution in [0.4, 0.5) is 10.5 Å². The Hall–Kier alpha value is -2.79. The molecule has 9 heteroatoms. The minimum absolute atomic E-state index is 0.230. The minimum Gasteiger partial charge on any atom is -0.493 e. The summed E-state index contributed by atoms with van der Waals surface area (Å²) in [7, 11) is 1.51. The summed E-state index contributed by atoms with van der Waals surface area (Å²) in [5.41, 5.74) is 1.26. The van der Waals surface area contributed by atoms with E-state index in [0.29, 0.717) is 29.4 Å². The van der Waals surface area contributed by atoms with Gasteiger partial charge in [-0.3, -0.25) is 19.3 Å². The molecule has 1 N–H and O–H groups in total. The Morgan fingerprint density at radius 2 is 1.94 bits per heavy atom. The average Bonchev–Trinajstić information content (AvgIpc) is 3.01. The summed E-state index contributed by atoms with van der Waals surface area (Å²) in [6.45, 7) is 3.58. The van der Waals surface area contributed by atoms with Crippen molar-refractivity contribution in [3.63, 3.8) is 0 Å². The second-order valence-corrected chi connectivity index (χ2v) is 8.57. The lowest BCUT2D eigenvalue weighted by atomic mass is 10.2. The molecule has 0 spiro atoms. The fourth-order valence-corrected chi connectivity index (χ4v) is 3.90. The smallest absolute Gasteiger partial charge is 0.294 e. The van der Waals surface area contributed by atoms with E-state index in [1.54, 1.807) is 42.5 Å². The van der Waals surface area contributed by atoms with Gasteiger partial charge in [0.05, 0.1) is 12.0 Å². The molecule has 2 aromatic rings. The molecule has 0 atom stereocenters. The molecular weight excluding hydrogens is 531 g/mol. The summed E-state index contributed by atoms with van der Waals surface area (Å²) in [6.07, 6.45) is 3.21. The summed E-state index contributed by atoms with van der Waals surface area (Å²) < 4.78 is 11.9. The van der Waals surface area contributed by atoms with Crippen LogP contribution in [-0.2, 0) is 9.59 Å². The molecule has 1 aliphatic heterocycles. The van der Waals surface area contributed by atoms with Gasteiger partial charge in [0.1, 0.15) is 13.2 Å². The van der Waals surface area contributed by atoms with E-state index in [0.717, 1.165) is 20.2 Å². The van der Waals surface area contributed by atoms with Gasteiger partial charge in [0, 0.05) is 9.26 Å². The zero-order chi connectivity index (χ0) is 22.4. The number of methoxy groups -OCH3 is 1. The third-order valence-corrected chi connectivity index (χ3v) is 5.77. The predicted molar refractivity (Wildman–Crippen MR) is 129 cm³/mol. The van der Waals surface area contributed by atoms with E-state index < -0.39 is 17.1 Å². The summed E-state index contributed by atoms with van der Waals surface area (Å²) in [5.74, 6) is 0.0699. The Morgan fingerprint density at radius 3 is 2.61 bits per heavy atom. The van der Waals surface area contributed by atoms with Gasteiger partial charge in [-0.05, 0) is 82.4 Å². The van der Waals surface area contributed by atoms with Crippen LogP contribution in [0.2, 0.25) is 0 Å². The number of carbonyl (C=O) groups is 3. The normalized spacial score (nSPS) is 14.6. The number of nitrogens with zero attached hydrogens (tertiary/aromatic N) is 1. The van der Waals surface area contributed by atoms with E-state index in [1.165, 1.54) is 7.11 Å². The third kappa shape index (κ3) is 5.88. The van der Waals surface area contributed by atoms with E-state index in [9.17, 15) is 14.4 Å². The highest BCUT2D eigenvalue weighted by atomic mass is 127. The van der Waals surface area contributed by atoms with E-state index in [4.69, 9.17) is 9.47 Å². The number of rotatable bonds is 8. The van der Waals surface area contributed by atoms with Crippen LogP contribution in [0.25, 0.3) is 6.08 Å². The number of benzene rings is 2. The van der Waals surface area contributed by atoms with Crippen molar-refractivity contribution in [1.82, 2.24) is 4.90 Å². The summed E-state index contributed by atoms with van der Waals surface area (Å²) in [5, 5.41) is 2.19. The van der Waals surface area contributed by atoms with Crippen molar-refractivity contribution >= 4 is 63.2 Å². The van der Waals surface area contributed by atoms with Gasteiger partial charge in [-0.2, -0.15) is 0 Å². The lowest BCUT2D eigenvalue weighted by molar-refractivity contribution is -0.127. The zero-order valence-electron chi connectivity index (χ0n) is 16.6. The first kappa shape index (κ1) is 22.9. The SMILES string of the molecule is C=CCOc1ccc(/C=C2/SC(=O)N(CC(=O)Nc3ccc(I)cc3)C2=O)cc1OC. The van der Waals surface area contributed by atoms with Gasteiger partial charge in [0.15, 0.2) is 11.5 Å². The highest BCUT2D eigenvalue weighted by molar-refractivity contribution is 14.1. The monoisotopic (exact) mass is 550 g/mol. The van der Waals surface area contributed by atoms with Crippen molar-refractivity contribution in [3.05, 3.63) is 69.2 Å². The molecule has 2 aromatic carbocycles. The number of carbonyl (C=O) groups excluding carboxylic acids is 3. The van der Waals surface area contributed by atoms with Crippen molar-refractivity contribution in [3.8, 4) is 11.5 Å². The number of thioether (sulfide) groups is 1. The second-order valence-electron chi connectivity index (χ2n) is 6.33. The van der Waals surface area contributed by atoms with Crippen molar-refractivity contribution in [1.29, 1.82) is 0 Å². The first-order valence-corrected chi connectivity index (χ1v) is 11.0. The number of hydrogen-bond donors (Lipinski definition) is 1. The van der Waals surface area contributed by atoms with Gasteiger partial charge in [-0.1, -0.05) is 18.7 Å². The van der Waals surface area contributed by atoms with Crippen LogP contribution in [0.1, 0.15) is 5.56 Å². The number of imide groups is 1. The summed E-state index contributed by atoms with van der Waals surface area (Å²) in [4.78, 5) is 38.4. The Morgan fingerprint density at radius 1 is 1.19 bits per heavy atom. The Bertz CT molecular complexity index is 1050. The molecular formula is C22H19IN2O5S. The van der Waals surface area contributed by atoms with Crippen molar-refractivity contribution in [2.45, 2.75) is 0 Å². The standard InChI is InChI=1S/C22H19IN2O5S/c1-3-10-30-17-9-4-14(11-18(17)29-2)12-19-21(27)25(22(28)31-19)13-20(26)24-16-7-5-15(23)6-8-16/h3-9,11-12H,1,10,13H2,2H3,(H,24,26)/b19-12+. The van der Waals surface area contributed by atoms with Crippen LogP contribution >= 0.6 is 34.4 Å². The minimum atomic E-state index is -0.515. The second kappa shape index (κ2) is 10.5. The fourth-order valence-electron chi connectivity index (χ4n) is 2.71. The molecule has 3 amide bonds. The number of halogens is 1. The molecule has 1 saturated heterocycles. The maximum absolute atomic E-state index is 12.7. The molecule has 0 saturated carbocycles. The van der Waals surface area contributed by atoms with Gasteiger partial charge in [-0.25, -0.2) is 0 Å². The topological polar surface area (TPSA) is 84.9 Å². The Labute approximate surface area is 197 Å². The first-order valence-electron chi connectivity index (χ1n) is 9.14. The molecule has 1 fully saturated rings. The lowest BCUT2D eigenvalue weighted by Gasteiger charge is -2.12. The summed E-state index contributed by atoms with van der Waals surface area (Å²) in [6, 6.07) is 12.4. The van der Waals surface area contributed by atoms with E-state index in [-0.39, 0.29) is 11.4 Å². The van der Waals surface area contributed by atoms with Gasteiger partial charge in [0.2, 0.25) is 5.91 Å². The molecule has 160 valence electrons. The zero-order valence-corrected chi connectivity index (χ0v) is 19.6. The van der Waals surface area contributed by atoms with Gasteiger partial charge >= 0.3 is 0 Å². The number of amides is 3. The van der Waals surface area contributed by atoms with E-state index >= 15 is 0 Å². The molecule has 31 heavy (non-hydrogen) atoms. The van der Waals surface area contributed by atoms with Crippen LogP contribution in [-0.4, -0.2) is 42.2 Å². The van der Waals surface area contributed by atoms with Crippen LogP contribution in [0.15, 0.2) is 60.0 Å². The van der Waals surface area contributed by atoms with Crippen LogP contribution in [0.3, 0.4) is 0 Å².